The summed E-state index contributed by atoms with van der Waals surface area (Å²) in [7, 11) is -3.78. The molecule has 5 nitrogen and oxygen atoms in total. The van der Waals surface area contributed by atoms with Gasteiger partial charge in [-0.15, -0.1) is 0 Å². The van der Waals surface area contributed by atoms with E-state index in [0.717, 1.165) is 44.1 Å². The van der Waals surface area contributed by atoms with Crippen molar-refractivity contribution < 1.29 is 13.2 Å². The van der Waals surface area contributed by atoms with E-state index in [1.807, 2.05) is 24.3 Å². The molecule has 2 aliphatic rings. The Bertz CT molecular complexity index is 1000. The molecule has 1 N–H and O–H groups in total. The van der Waals surface area contributed by atoms with Crippen LogP contribution in [0.5, 0.6) is 0 Å². The zero-order valence-electron chi connectivity index (χ0n) is 15.5. The van der Waals surface area contributed by atoms with Gasteiger partial charge < -0.3 is 5.32 Å². The molecule has 2 aromatic carbocycles. The molecular formula is C21H23ClN2O3S. The van der Waals surface area contributed by atoms with Crippen molar-refractivity contribution in [2.24, 2.45) is 0 Å². The van der Waals surface area contributed by atoms with Gasteiger partial charge in [0.05, 0.1) is 21.2 Å². The zero-order valence-corrected chi connectivity index (χ0v) is 17.1. The number of fused-ring (bicyclic) bond motifs is 1. The zero-order chi connectivity index (χ0) is 19.7. The monoisotopic (exact) mass is 418 g/mol. The van der Waals surface area contributed by atoms with Gasteiger partial charge in [0.25, 0.3) is 15.9 Å². The van der Waals surface area contributed by atoms with Crippen LogP contribution in [-0.4, -0.2) is 26.9 Å². The van der Waals surface area contributed by atoms with Crippen LogP contribution in [0.15, 0.2) is 47.4 Å². The standard InChI is InChI=1S/C21H23ClN2O3S/c22-19-12-11-17(14-18(19)21(25)23-16-8-2-3-9-16)28(26,27)24-13-5-7-15-6-1-4-10-20(15)24/h1,4,6,10-12,14,16H,2-3,5,7-9,13H2,(H,23,25). The van der Waals surface area contributed by atoms with Gasteiger partial charge in [0.15, 0.2) is 0 Å². The molecule has 4 rings (SSSR count). The van der Waals surface area contributed by atoms with Gasteiger partial charge in [-0.05, 0) is 55.5 Å². The summed E-state index contributed by atoms with van der Waals surface area (Å²) in [5, 5.41) is 3.24. The number of nitrogens with one attached hydrogen (secondary N) is 1. The lowest BCUT2D eigenvalue weighted by Crippen LogP contribution is -2.36. The number of hydrogen-bond donors (Lipinski definition) is 1. The van der Waals surface area contributed by atoms with Gasteiger partial charge in [-0.25, -0.2) is 8.42 Å². The molecule has 1 fully saturated rings. The fourth-order valence-corrected chi connectivity index (χ4v) is 5.82. The Balaban J connectivity index is 1.66. The number of sulfonamides is 1. The van der Waals surface area contributed by atoms with Gasteiger partial charge >= 0.3 is 0 Å². The van der Waals surface area contributed by atoms with Crippen molar-refractivity contribution in [1.29, 1.82) is 0 Å². The van der Waals surface area contributed by atoms with Crippen molar-refractivity contribution in [3.05, 3.63) is 58.6 Å². The molecule has 0 saturated heterocycles. The number of para-hydroxylation sites is 1. The lowest BCUT2D eigenvalue weighted by Gasteiger charge is -2.30. The highest BCUT2D eigenvalue weighted by atomic mass is 35.5. The largest absolute Gasteiger partial charge is 0.349 e. The summed E-state index contributed by atoms with van der Waals surface area (Å²) in [6, 6.07) is 12.1. The Morgan fingerprint density at radius 2 is 1.82 bits per heavy atom. The summed E-state index contributed by atoms with van der Waals surface area (Å²) >= 11 is 6.22. The minimum Gasteiger partial charge on any atom is -0.349 e. The summed E-state index contributed by atoms with van der Waals surface area (Å²) in [4.78, 5) is 12.8. The van der Waals surface area contributed by atoms with Crippen LogP contribution in [-0.2, 0) is 16.4 Å². The van der Waals surface area contributed by atoms with Crippen molar-refractivity contribution in [2.45, 2.75) is 49.5 Å². The van der Waals surface area contributed by atoms with Gasteiger partial charge in [-0.1, -0.05) is 42.6 Å². The third kappa shape index (κ3) is 3.63. The van der Waals surface area contributed by atoms with E-state index in [2.05, 4.69) is 5.32 Å². The Kier molecular flexibility index (Phi) is 5.34. The number of carbonyl (C=O) groups excluding carboxylic acids is 1. The Morgan fingerprint density at radius 3 is 2.61 bits per heavy atom. The highest BCUT2D eigenvalue weighted by molar-refractivity contribution is 7.92. The van der Waals surface area contributed by atoms with Crippen molar-refractivity contribution in [2.75, 3.05) is 10.8 Å². The second-order valence-corrected chi connectivity index (χ2v) is 9.68. The smallest absolute Gasteiger partial charge is 0.264 e. The number of hydrogen-bond acceptors (Lipinski definition) is 3. The van der Waals surface area contributed by atoms with Crippen LogP contribution in [0.25, 0.3) is 0 Å². The van der Waals surface area contributed by atoms with Crippen LogP contribution in [0.2, 0.25) is 5.02 Å². The summed E-state index contributed by atoms with van der Waals surface area (Å²) < 4.78 is 28.1. The number of halogens is 1. The highest BCUT2D eigenvalue weighted by Gasteiger charge is 2.30. The molecule has 0 atom stereocenters. The first-order valence-corrected chi connectivity index (χ1v) is 11.5. The highest BCUT2D eigenvalue weighted by Crippen LogP contribution is 2.33. The lowest BCUT2D eigenvalue weighted by molar-refractivity contribution is 0.0938. The Hall–Kier alpha value is -2.05. The van der Waals surface area contributed by atoms with Crippen LogP contribution in [0, 0.1) is 0 Å². The molecule has 1 saturated carbocycles. The topological polar surface area (TPSA) is 66.5 Å². The number of carbonyl (C=O) groups is 1. The second kappa shape index (κ2) is 7.76. The summed E-state index contributed by atoms with van der Waals surface area (Å²) in [6.07, 6.45) is 5.72. The molecule has 0 radical (unpaired) electrons. The molecule has 1 aliphatic heterocycles. The van der Waals surface area contributed by atoms with E-state index in [9.17, 15) is 13.2 Å². The molecule has 0 spiro atoms. The minimum atomic E-state index is -3.78. The molecule has 1 amide bonds. The molecular weight excluding hydrogens is 396 g/mol. The van der Waals surface area contributed by atoms with Crippen LogP contribution in [0.1, 0.15) is 48.0 Å². The SMILES string of the molecule is O=C(NC1CCCC1)c1cc(S(=O)(=O)N2CCCc3ccccc32)ccc1Cl. The number of aryl methyl sites for hydroxylation is 1. The lowest BCUT2D eigenvalue weighted by atomic mass is 10.0. The van der Waals surface area contributed by atoms with Gasteiger partial charge in [0.2, 0.25) is 0 Å². The maximum atomic E-state index is 13.3. The number of amides is 1. The van der Waals surface area contributed by atoms with Gasteiger partial charge in [0, 0.05) is 12.6 Å². The Labute approximate surface area is 170 Å². The first-order valence-electron chi connectivity index (χ1n) is 9.68. The third-order valence-electron chi connectivity index (χ3n) is 5.53. The predicted octanol–water partition coefficient (Wildman–Crippen LogP) is 4.15. The van der Waals surface area contributed by atoms with E-state index in [4.69, 9.17) is 11.6 Å². The maximum absolute atomic E-state index is 13.3. The van der Waals surface area contributed by atoms with Crippen molar-refractivity contribution in [3.8, 4) is 0 Å². The molecule has 7 heteroatoms. The van der Waals surface area contributed by atoms with Crippen LogP contribution in [0.4, 0.5) is 5.69 Å². The number of anilines is 1. The quantitative estimate of drug-likeness (QED) is 0.810. The number of rotatable bonds is 4. The third-order valence-corrected chi connectivity index (χ3v) is 7.67. The molecule has 28 heavy (non-hydrogen) atoms. The fourth-order valence-electron chi connectivity index (χ4n) is 4.05. The molecule has 0 unspecified atom stereocenters. The second-order valence-electron chi connectivity index (χ2n) is 7.41. The predicted molar refractivity (Wildman–Crippen MR) is 110 cm³/mol. The van der Waals surface area contributed by atoms with Crippen LogP contribution >= 0.6 is 11.6 Å². The molecule has 0 aromatic heterocycles. The maximum Gasteiger partial charge on any atom is 0.264 e. The molecule has 148 valence electrons. The molecule has 1 heterocycles. The van der Waals surface area contributed by atoms with E-state index in [-0.39, 0.29) is 27.4 Å². The fraction of sp³-hybridized carbons (Fsp3) is 0.381. The van der Waals surface area contributed by atoms with Crippen molar-refractivity contribution >= 4 is 33.2 Å². The van der Waals surface area contributed by atoms with Crippen molar-refractivity contribution in [1.82, 2.24) is 5.32 Å². The van der Waals surface area contributed by atoms with Gasteiger partial charge in [-0.3, -0.25) is 9.10 Å². The average molecular weight is 419 g/mol. The average Bonchev–Trinajstić information content (AvgIpc) is 3.20. The van der Waals surface area contributed by atoms with Crippen LogP contribution < -0.4 is 9.62 Å². The minimum absolute atomic E-state index is 0.0881. The van der Waals surface area contributed by atoms with Gasteiger partial charge in [0.1, 0.15) is 0 Å². The molecule has 2 aromatic rings. The van der Waals surface area contributed by atoms with Gasteiger partial charge in [-0.2, -0.15) is 0 Å². The first-order chi connectivity index (χ1) is 13.5. The Morgan fingerprint density at radius 1 is 1.07 bits per heavy atom. The normalized spacial score (nSPS) is 17.4. The van der Waals surface area contributed by atoms with Crippen molar-refractivity contribution in [3.63, 3.8) is 0 Å². The van der Waals surface area contributed by atoms with E-state index >= 15 is 0 Å². The first kappa shape index (κ1) is 19.3. The van der Waals surface area contributed by atoms with E-state index < -0.39 is 10.0 Å². The number of nitrogens with zero attached hydrogens (tertiary/aromatic N) is 1. The van der Waals surface area contributed by atoms with E-state index in [0.29, 0.717) is 12.2 Å². The van der Waals surface area contributed by atoms with Crippen LogP contribution in [0.3, 0.4) is 0 Å². The van der Waals surface area contributed by atoms with E-state index in [1.54, 1.807) is 0 Å². The summed E-state index contributed by atoms with van der Waals surface area (Å²) in [6.45, 7) is 0.422. The summed E-state index contributed by atoms with van der Waals surface area (Å²) in [5.41, 5.74) is 1.94. The van der Waals surface area contributed by atoms with E-state index in [1.165, 1.54) is 22.5 Å². The number of benzene rings is 2. The summed E-state index contributed by atoms with van der Waals surface area (Å²) in [5.74, 6) is -0.312. The molecule has 0 bridgehead atoms. The molecule has 1 aliphatic carbocycles.